The van der Waals surface area contributed by atoms with Crippen molar-refractivity contribution in [2.24, 2.45) is 11.1 Å². The van der Waals surface area contributed by atoms with E-state index >= 15 is 0 Å². The summed E-state index contributed by atoms with van der Waals surface area (Å²) in [5.41, 5.74) is 5.64. The normalized spacial score (nSPS) is 28.3. The summed E-state index contributed by atoms with van der Waals surface area (Å²) in [6, 6.07) is 5.77. The molecule has 0 radical (unpaired) electrons. The molecule has 0 aliphatic heterocycles. The number of hydrogen-bond donors (Lipinski definition) is 1. The number of ether oxygens (including phenoxy) is 1. The number of methoxy groups -OCH3 is 1. The first-order valence-corrected chi connectivity index (χ1v) is 8.69. The van der Waals surface area contributed by atoms with Crippen molar-refractivity contribution in [2.75, 3.05) is 19.5 Å². The Kier molecular flexibility index (Phi) is 4.37. The molecule has 7 heteroatoms. The summed E-state index contributed by atoms with van der Waals surface area (Å²) in [4.78, 5) is 0.126. The molecular weight excluding hydrogens is 313 g/mol. The first-order valence-electron chi connectivity index (χ1n) is 6.57. The van der Waals surface area contributed by atoms with Gasteiger partial charge in [0.2, 0.25) is 0 Å². The fraction of sp³-hybridized carbons (Fsp3) is 0.500. The Hall–Kier alpha value is -1.05. The monoisotopic (exact) mass is 331 g/mol. The molecule has 1 aromatic rings. The highest BCUT2D eigenvalue weighted by atomic mass is 32.2. The third kappa shape index (κ3) is 2.58. The summed E-state index contributed by atoms with van der Waals surface area (Å²) in [5.74, 6) is -0.758. The Morgan fingerprint density at radius 1 is 1.43 bits per heavy atom. The van der Waals surface area contributed by atoms with Gasteiger partial charge in [0.15, 0.2) is 9.84 Å². The van der Waals surface area contributed by atoms with Gasteiger partial charge in [0, 0.05) is 18.8 Å². The minimum Gasteiger partial charge on any atom is -0.393 e. The van der Waals surface area contributed by atoms with E-state index in [2.05, 4.69) is 0 Å². The fourth-order valence-electron chi connectivity index (χ4n) is 3.03. The van der Waals surface area contributed by atoms with Gasteiger partial charge >= 0.3 is 0 Å². The van der Waals surface area contributed by atoms with Gasteiger partial charge in [0.25, 0.3) is 0 Å². The van der Waals surface area contributed by atoms with Crippen LogP contribution in [0, 0.1) is 11.2 Å². The average Bonchev–Trinajstić information content (AvgIpc) is 3.11. The first kappa shape index (κ1) is 16.3. The number of hydrogen-bond acceptors (Lipinski definition) is 4. The fourth-order valence-corrected chi connectivity index (χ4v) is 5.49. The molecule has 21 heavy (non-hydrogen) atoms. The molecule has 4 nitrogen and oxygen atoms in total. The van der Waals surface area contributed by atoms with Gasteiger partial charge in [-0.25, -0.2) is 12.8 Å². The molecule has 3 atom stereocenters. The maximum absolute atomic E-state index is 13.1. The molecule has 0 amide bonds. The van der Waals surface area contributed by atoms with E-state index in [0.29, 0.717) is 5.56 Å². The van der Waals surface area contributed by atoms with Crippen LogP contribution in [0.2, 0.25) is 0 Å². The molecule has 0 aromatic heterocycles. The number of nitrogens with two attached hydrogens (primary N) is 1. The van der Waals surface area contributed by atoms with Crippen molar-refractivity contribution in [3.05, 3.63) is 35.6 Å². The molecule has 116 valence electrons. The highest BCUT2D eigenvalue weighted by molar-refractivity contribution is 7.92. The zero-order chi connectivity index (χ0) is 15.8. The van der Waals surface area contributed by atoms with E-state index in [1.54, 1.807) is 19.1 Å². The lowest BCUT2D eigenvalue weighted by Crippen LogP contribution is -2.33. The average molecular weight is 331 g/mol. The highest BCUT2D eigenvalue weighted by Crippen LogP contribution is 2.63. The van der Waals surface area contributed by atoms with Crippen LogP contribution < -0.4 is 5.73 Å². The second-order valence-electron chi connectivity index (χ2n) is 5.24. The van der Waals surface area contributed by atoms with Gasteiger partial charge in [-0.15, -0.1) is 0 Å². The molecule has 1 saturated carbocycles. The van der Waals surface area contributed by atoms with E-state index in [9.17, 15) is 12.8 Å². The van der Waals surface area contributed by atoms with E-state index in [1.165, 1.54) is 19.2 Å². The van der Waals surface area contributed by atoms with Crippen LogP contribution in [-0.2, 0) is 14.6 Å². The quantitative estimate of drug-likeness (QED) is 0.803. The van der Waals surface area contributed by atoms with Gasteiger partial charge < -0.3 is 10.5 Å². The Labute approximate surface area is 129 Å². The number of halogens is 1. The topological polar surface area (TPSA) is 69.4 Å². The van der Waals surface area contributed by atoms with Crippen LogP contribution in [0.25, 0.3) is 0 Å². The molecular formula is C14H18FNO3S2. The Morgan fingerprint density at radius 3 is 2.43 bits per heavy atom. The van der Waals surface area contributed by atoms with Gasteiger partial charge in [0.1, 0.15) is 5.82 Å². The van der Waals surface area contributed by atoms with Gasteiger partial charge in [0.05, 0.1) is 22.3 Å². The summed E-state index contributed by atoms with van der Waals surface area (Å²) in [7, 11) is -1.87. The van der Waals surface area contributed by atoms with Crippen LogP contribution in [-0.4, -0.2) is 38.1 Å². The lowest BCUT2D eigenvalue weighted by atomic mass is 10.00. The molecule has 0 bridgehead atoms. The number of sulfone groups is 1. The van der Waals surface area contributed by atoms with Crippen molar-refractivity contribution in [3.63, 3.8) is 0 Å². The predicted octanol–water partition coefficient (Wildman–Crippen LogP) is 1.65. The van der Waals surface area contributed by atoms with Gasteiger partial charge in [-0.05, 0) is 17.7 Å². The minimum atomic E-state index is -3.35. The minimum absolute atomic E-state index is 0.00341. The van der Waals surface area contributed by atoms with Crippen LogP contribution in [0.5, 0.6) is 0 Å². The van der Waals surface area contributed by atoms with Crippen LogP contribution >= 0.6 is 12.2 Å². The molecule has 1 aromatic carbocycles. The van der Waals surface area contributed by atoms with E-state index in [1.807, 2.05) is 0 Å². The molecule has 0 spiro atoms. The zero-order valence-electron chi connectivity index (χ0n) is 11.9. The third-order valence-electron chi connectivity index (χ3n) is 4.12. The lowest BCUT2D eigenvalue weighted by molar-refractivity contribution is 0.166. The van der Waals surface area contributed by atoms with Gasteiger partial charge in [-0.3, -0.25) is 0 Å². The maximum Gasteiger partial charge on any atom is 0.154 e. The second kappa shape index (κ2) is 5.62. The standard InChI is InChI=1S/C14H18FNO3S2/c1-3-21(17,18)12-11(9-4-6-10(15)7-5-9)14(12,8-19-2)13(16)20/h4-7,11-12H,3,8H2,1-2H3,(H2,16,20)/t11-,12+,14+/m0/s1. The van der Waals surface area contributed by atoms with Crippen LogP contribution in [0.3, 0.4) is 0 Å². The van der Waals surface area contributed by atoms with E-state index < -0.39 is 20.5 Å². The van der Waals surface area contributed by atoms with Crippen molar-refractivity contribution < 1.29 is 17.5 Å². The molecule has 1 aliphatic carbocycles. The molecule has 1 aliphatic rings. The number of thiocarbonyl (C=S) groups is 1. The van der Waals surface area contributed by atoms with Crippen molar-refractivity contribution in [1.82, 2.24) is 0 Å². The Bertz CT molecular complexity index is 645. The van der Waals surface area contributed by atoms with Gasteiger partial charge in [-0.1, -0.05) is 31.3 Å². The SMILES string of the molecule is CCS(=O)(=O)[C@@H]1[C@H](c2ccc(F)cc2)[C@@]1(COC)C(N)=S. The van der Waals surface area contributed by atoms with Crippen LogP contribution in [0.4, 0.5) is 4.39 Å². The predicted molar refractivity (Wildman–Crippen MR) is 83.5 cm³/mol. The maximum atomic E-state index is 13.1. The summed E-state index contributed by atoms with van der Waals surface area (Å²) < 4.78 is 43.0. The Morgan fingerprint density at radius 2 is 2.00 bits per heavy atom. The molecule has 0 heterocycles. The largest absolute Gasteiger partial charge is 0.393 e. The highest BCUT2D eigenvalue weighted by Gasteiger charge is 2.72. The Balaban J connectivity index is 2.51. The smallest absolute Gasteiger partial charge is 0.154 e. The summed E-state index contributed by atoms with van der Waals surface area (Å²) in [6.45, 7) is 1.72. The second-order valence-corrected chi connectivity index (χ2v) is 8.09. The van der Waals surface area contributed by atoms with Crippen LogP contribution in [0.15, 0.2) is 24.3 Å². The van der Waals surface area contributed by atoms with E-state index in [4.69, 9.17) is 22.7 Å². The van der Waals surface area contributed by atoms with Crippen molar-refractivity contribution in [1.29, 1.82) is 0 Å². The molecule has 2 rings (SSSR count). The zero-order valence-corrected chi connectivity index (χ0v) is 13.5. The molecule has 1 fully saturated rings. The number of benzene rings is 1. The summed E-state index contributed by atoms with van der Waals surface area (Å²) in [6.07, 6.45) is 0. The van der Waals surface area contributed by atoms with E-state index in [-0.39, 0.29) is 29.1 Å². The number of rotatable bonds is 6. The first-order chi connectivity index (χ1) is 9.81. The summed E-state index contributed by atoms with van der Waals surface area (Å²) in [5, 5.41) is -0.710. The summed E-state index contributed by atoms with van der Waals surface area (Å²) >= 11 is 5.12. The van der Waals surface area contributed by atoms with E-state index in [0.717, 1.165) is 0 Å². The lowest BCUT2D eigenvalue weighted by Gasteiger charge is -2.15. The third-order valence-corrected chi connectivity index (χ3v) is 6.77. The van der Waals surface area contributed by atoms with Crippen molar-refractivity contribution in [2.45, 2.75) is 18.1 Å². The van der Waals surface area contributed by atoms with Crippen molar-refractivity contribution in [3.8, 4) is 0 Å². The molecule has 0 unspecified atom stereocenters. The van der Waals surface area contributed by atoms with Gasteiger partial charge in [-0.2, -0.15) is 0 Å². The molecule has 0 saturated heterocycles. The van der Waals surface area contributed by atoms with Crippen molar-refractivity contribution >= 4 is 27.0 Å². The van der Waals surface area contributed by atoms with Crippen LogP contribution in [0.1, 0.15) is 18.4 Å². The molecule has 2 N–H and O–H groups in total.